The van der Waals surface area contributed by atoms with E-state index in [1.54, 1.807) is 0 Å². The molecule has 0 aliphatic heterocycles. The Balaban J connectivity index is 3.30. The Labute approximate surface area is 70.8 Å². The smallest absolute Gasteiger partial charge is 0.310 e. The van der Waals surface area contributed by atoms with E-state index >= 15 is 0 Å². The molecule has 1 heterocycles. The SMILES string of the molecule is CC(Br)c1cc(=O)[nH]c(=O)[nH]1. The molecule has 2 N–H and O–H groups in total. The van der Waals surface area contributed by atoms with E-state index in [0.717, 1.165) is 0 Å². The fourth-order valence-electron chi connectivity index (χ4n) is 0.702. The Bertz CT molecular complexity index is 324. The molecule has 0 saturated heterocycles. The van der Waals surface area contributed by atoms with Crippen molar-refractivity contribution in [3.8, 4) is 0 Å². The van der Waals surface area contributed by atoms with Crippen LogP contribution < -0.4 is 11.2 Å². The highest BCUT2D eigenvalue weighted by molar-refractivity contribution is 9.09. The molecule has 1 aromatic heterocycles. The minimum Gasteiger partial charge on any atom is -0.310 e. The van der Waals surface area contributed by atoms with Gasteiger partial charge in [-0.2, -0.15) is 0 Å². The summed E-state index contributed by atoms with van der Waals surface area (Å²) in [6, 6.07) is 1.35. The van der Waals surface area contributed by atoms with Crippen LogP contribution >= 0.6 is 15.9 Å². The summed E-state index contributed by atoms with van der Waals surface area (Å²) in [6.45, 7) is 1.82. The largest absolute Gasteiger partial charge is 0.325 e. The lowest BCUT2D eigenvalue weighted by atomic mass is 10.3. The zero-order valence-electron chi connectivity index (χ0n) is 5.85. The minimum atomic E-state index is -0.473. The van der Waals surface area contributed by atoms with Crippen LogP contribution in [0.2, 0.25) is 0 Å². The first kappa shape index (κ1) is 8.26. The Morgan fingerprint density at radius 2 is 2.09 bits per heavy atom. The van der Waals surface area contributed by atoms with Crippen molar-refractivity contribution in [3.63, 3.8) is 0 Å². The molecule has 1 atom stereocenters. The molecular formula is C6H7BrN2O2. The summed E-state index contributed by atoms with van der Waals surface area (Å²) in [5.74, 6) is 0. The molecule has 0 saturated carbocycles. The van der Waals surface area contributed by atoms with Gasteiger partial charge in [-0.05, 0) is 6.92 Å². The first-order valence-electron chi connectivity index (χ1n) is 3.07. The van der Waals surface area contributed by atoms with Gasteiger partial charge in [0.25, 0.3) is 5.56 Å². The number of hydrogen-bond acceptors (Lipinski definition) is 2. The molecule has 0 amide bonds. The molecule has 0 fully saturated rings. The monoisotopic (exact) mass is 218 g/mol. The van der Waals surface area contributed by atoms with Crippen LogP contribution in [-0.2, 0) is 0 Å². The molecule has 1 unspecified atom stereocenters. The van der Waals surface area contributed by atoms with Crippen molar-refractivity contribution in [1.82, 2.24) is 9.97 Å². The number of alkyl halides is 1. The van der Waals surface area contributed by atoms with Crippen molar-refractivity contribution < 1.29 is 0 Å². The zero-order valence-corrected chi connectivity index (χ0v) is 7.44. The second kappa shape index (κ2) is 3.04. The Morgan fingerprint density at radius 1 is 1.45 bits per heavy atom. The summed E-state index contributed by atoms with van der Waals surface area (Å²) in [4.78, 5) is 26.0. The first-order valence-corrected chi connectivity index (χ1v) is 3.99. The lowest BCUT2D eigenvalue weighted by Gasteiger charge is -1.99. The quantitative estimate of drug-likeness (QED) is 0.676. The van der Waals surface area contributed by atoms with Crippen LogP contribution in [0.3, 0.4) is 0 Å². The second-order valence-electron chi connectivity index (χ2n) is 2.16. The highest BCUT2D eigenvalue weighted by Crippen LogP contribution is 2.15. The summed E-state index contributed by atoms with van der Waals surface area (Å²) in [5.41, 5.74) is -0.271. The van der Waals surface area contributed by atoms with Gasteiger partial charge in [0.1, 0.15) is 0 Å². The average Bonchev–Trinajstić information content (AvgIpc) is 1.85. The Morgan fingerprint density at radius 3 is 2.55 bits per heavy atom. The maximum atomic E-state index is 10.7. The summed E-state index contributed by atoms with van der Waals surface area (Å²) in [7, 11) is 0. The summed E-state index contributed by atoms with van der Waals surface area (Å²) >= 11 is 3.23. The number of nitrogens with one attached hydrogen (secondary N) is 2. The molecule has 5 heteroatoms. The van der Waals surface area contributed by atoms with Crippen LogP contribution in [0.5, 0.6) is 0 Å². The van der Waals surface area contributed by atoms with Gasteiger partial charge in [0.2, 0.25) is 0 Å². The number of aromatic nitrogens is 2. The fraction of sp³-hybridized carbons (Fsp3) is 0.333. The number of H-pyrrole nitrogens is 2. The highest BCUT2D eigenvalue weighted by Gasteiger charge is 2.01. The number of hydrogen-bond donors (Lipinski definition) is 2. The standard InChI is InChI=1S/C6H7BrN2O2/c1-3(7)4-2-5(10)9-6(11)8-4/h2-3H,1H3,(H2,8,9,10,11). The zero-order chi connectivity index (χ0) is 8.43. The van der Waals surface area contributed by atoms with Gasteiger partial charge in [0, 0.05) is 11.8 Å². The Kier molecular flexibility index (Phi) is 2.28. The van der Waals surface area contributed by atoms with Crippen molar-refractivity contribution >= 4 is 15.9 Å². The normalized spacial score (nSPS) is 12.9. The van der Waals surface area contributed by atoms with Gasteiger partial charge in [0.05, 0.1) is 4.83 Å². The predicted octanol–water partition coefficient (Wildman–Crippen LogP) is 0.519. The first-order chi connectivity index (χ1) is 5.09. The molecule has 0 spiro atoms. The number of rotatable bonds is 1. The summed E-state index contributed by atoms with van der Waals surface area (Å²) in [5, 5.41) is 0. The van der Waals surface area contributed by atoms with Crippen molar-refractivity contribution in [1.29, 1.82) is 0 Å². The van der Waals surface area contributed by atoms with Gasteiger partial charge >= 0.3 is 5.69 Å². The van der Waals surface area contributed by atoms with Crippen LogP contribution in [-0.4, -0.2) is 9.97 Å². The second-order valence-corrected chi connectivity index (χ2v) is 3.53. The molecule has 0 bridgehead atoms. The van der Waals surface area contributed by atoms with E-state index < -0.39 is 5.69 Å². The van der Waals surface area contributed by atoms with Gasteiger partial charge in [-0.1, -0.05) is 15.9 Å². The molecule has 0 aliphatic rings. The molecule has 1 rings (SSSR count). The van der Waals surface area contributed by atoms with Crippen LogP contribution in [0.1, 0.15) is 17.4 Å². The third-order valence-corrected chi connectivity index (χ3v) is 1.70. The van der Waals surface area contributed by atoms with Crippen molar-refractivity contribution in [2.75, 3.05) is 0 Å². The van der Waals surface area contributed by atoms with Crippen LogP contribution in [0, 0.1) is 0 Å². The predicted molar refractivity (Wildman–Crippen MR) is 45.0 cm³/mol. The average molecular weight is 219 g/mol. The van der Waals surface area contributed by atoms with Gasteiger partial charge in [-0.15, -0.1) is 0 Å². The number of halogens is 1. The van der Waals surface area contributed by atoms with Crippen molar-refractivity contribution in [2.24, 2.45) is 0 Å². The summed E-state index contributed by atoms with van der Waals surface area (Å²) < 4.78 is 0. The van der Waals surface area contributed by atoms with Crippen LogP contribution in [0.4, 0.5) is 0 Å². The van der Waals surface area contributed by atoms with Gasteiger partial charge < -0.3 is 4.98 Å². The van der Waals surface area contributed by atoms with Crippen molar-refractivity contribution in [3.05, 3.63) is 32.6 Å². The molecule has 0 aromatic carbocycles. The molecule has 11 heavy (non-hydrogen) atoms. The molecule has 4 nitrogen and oxygen atoms in total. The minimum absolute atomic E-state index is 0.0162. The van der Waals surface area contributed by atoms with Gasteiger partial charge in [0.15, 0.2) is 0 Å². The van der Waals surface area contributed by atoms with Gasteiger partial charge in [-0.25, -0.2) is 4.79 Å². The molecule has 1 aromatic rings. The lowest BCUT2D eigenvalue weighted by Crippen LogP contribution is -2.22. The molecule has 60 valence electrons. The van der Waals surface area contributed by atoms with Gasteiger partial charge in [-0.3, -0.25) is 9.78 Å². The third-order valence-electron chi connectivity index (χ3n) is 1.21. The third kappa shape index (κ3) is 2.04. The van der Waals surface area contributed by atoms with E-state index in [1.807, 2.05) is 6.92 Å². The molecular weight excluding hydrogens is 212 g/mol. The van der Waals surface area contributed by atoms with Crippen LogP contribution in [0.25, 0.3) is 0 Å². The van der Waals surface area contributed by atoms with E-state index in [4.69, 9.17) is 0 Å². The van der Waals surface area contributed by atoms with E-state index in [0.29, 0.717) is 5.69 Å². The van der Waals surface area contributed by atoms with E-state index in [-0.39, 0.29) is 10.4 Å². The van der Waals surface area contributed by atoms with E-state index in [2.05, 4.69) is 25.9 Å². The van der Waals surface area contributed by atoms with E-state index in [9.17, 15) is 9.59 Å². The topological polar surface area (TPSA) is 65.7 Å². The highest BCUT2D eigenvalue weighted by atomic mass is 79.9. The van der Waals surface area contributed by atoms with Crippen LogP contribution in [0.15, 0.2) is 15.7 Å². The summed E-state index contributed by atoms with van der Waals surface area (Å²) in [6.07, 6.45) is 0. The fourth-order valence-corrected chi connectivity index (χ4v) is 0.949. The lowest BCUT2D eigenvalue weighted by molar-refractivity contribution is 0.930. The van der Waals surface area contributed by atoms with E-state index in [1.165, 1.54) is 6.07 Å². The molecule has 0 radical (unpaired) electrons. The molecule has 0 aliphatic carbocycles. The maximum absolute atomic E-state index is 10.7. The Hall–Kier alpha value is -0.840. The number of aromatic amines is 2. The maximum Gasteiger partial charge on any atom is 0.325 e. The van der Waals surface area contributed by atoms with Crippen molar-refractivity contribution in [2.45, 2.75) is 11.8 Å².